The lowest BCUT2D eigenvalue weighted by atomic mass is 9.96. The third-order valence-corrected chi connectivity index (χ3v) is 5.69. The molecule has 1 saturated heterocycles. The van der Waals surface area contributed by atoms with E-state index in [4.69, 9.17) is 14.5 Å². The van der Waals surface area contributed by atoms with Gasteiger partial charge in [0, 0.05) is 45.4 Å². The third-order valence-electron chi connectivity index (χ3n) is 5.69. The first-order chi connectivity index (χ1) is 13.3. The van der Waals surface area contributed by atoms with E-state index in [2.05, 4.69) is 47.5 Å². The molecule has 2 aliphatic rings. The molecule has 0 bridgehead atoms. The number of aliphatic imine (C=N–C) groups is 1. The van der Waals surface area contributed by atoms with Crippen molar-refractivity contribution >= 4 is 29.9 Å². The van der Waals surface area contributed by atoms with Crippen molar-refractivity contribution in [3.05, 3.63) is 35.9 Å². The summed E-state index contributed by atoms with van der Waals surface area (Å²) in [5.41, 5.74) is 1.71. The van der Waals surface area contributed by atoms with Gasteiger partial charge < -0.3 is 19.7 Å². The van der Waals surface area contributed by atoms with Crippen molar-refractivity contribution in [2.75, 3.05) is 46.5 Å². The fourth-order valence-electron chi connectivity index (χ4n) is 3.82. The van der Waals surface area contributed by atoms with Crippen LogP contribution in [0.2, 0.25) is 0 Å². The van der Waals surface area contributed by atoms with Crippen LogP contribution in [0.5, 0.6) is 0 Å². The Morgan fingerprint density at radius 1 is 1.18 bits per heavy atom. The molecule has 6 heteroatoms. The van der Waals surface area contributed by atoms with Crippen molar-refractivity contribution in [1.82, 2.24) is 10.2 Å². The maximum absolute atomic E-state index is 5.99. The van der Waals surface area contributed by atoms with Crippen LogP contribution in [0.15, 0.2) is 35.3 Å². The van der Waals surface area contributed by atoms with Crippen LogP contribution in [-0.4, -0.2) is 63.5 Å². The number of halogens is 1. The molecule has 28 heavy (non-hydrogen) atoms. The lowest BCUT2D eigenvalue weighted by Gasteiger charge is -2.34. The van der Waals surface area contributed by atoms with E-state index in [0.717, 1.165) is 64.6 Å². The second kappa shape index (κ2) is 12.0. The van der Waals surface area contributed by atoms with Crippen LogP contribution in [0.3, 0.4) is 0 Å². The quantitative estimate of drug-likeness (QED) is 0.242. The molecule has 5 nitrogen and oxygen atoms in total. The lowest BCUT2D eigenvalue weighted by Crippen LogP contribution is -2.47. The van der Waals surface area contributed by atoms with Gasteiger partial charge in [0.2, 0.25) is 0 Å². The van der Waals surface area contributed by atoms with Gasteiger partial charge in [-0.3, -0.25) is 4.99 Å². The SMILES string of the molecule is CCNC(=NCC1(c2ccccc2)CC1)N1CCC(OCCCOC)CC1.I. The molecule has 0 atom stereocenters. The number of hydrogen-bond donors (Lipinski definition) is 1. The maximum atomic E-state index is 5.99. The number of nitrogens with one attached hydrogen (secondary N) is 1. The van der Waals surface area contributed by atoms with Crippen molar-refractivity contribution in [2.45, 2.75) is 50.5 Å². The van der Waals surface area contributed by atoms with Gasteiger partial charge in [-0.05, 0) is 44.6 Å². The zero-order valence-electron chi connectivity index (χ0n) is 17.4. The van der Waals surface area contributed by atoms with Gasteiger partial charge in [0.25, 0.3) is 0 Å². The molecular formula is C22H36IN3O2. The molecule has 2 fully saturated rings. The number of piperidine rings is 1. The monoisotopic (exact) mass is 501 g/mol. The number of methoxy groups -OCH3 is 1. The topological polar surface area (TPSA) is 46.1 Å². The Hall–Kier alpha value is -0.860. The van der Waals surface area contributed by atoms with E-state index < -0.39 is 0 Å². The molecule has 1 saturated carbocycles. The smallest absolute Gasteiger partial charge is 0.193 e. The summed E-state index contributed by atoms with van der Waals surface area (Å²) < 4.78 is 11.1. The minimum atomic E-state index is 0. The van der Waals surface area contributed by atoms with Crippen LogP contribution in [0.25, 0.3) is 0 Å². The van der Waals surface area contributed by atoms with Crippen LogP contribution >= 0.6 is 24.0 Å². The van der Waals surface area contributed by atoms with Gasteiger partial charge in [-0.2, -0.15) is 0 Å². The van der Waals surface area contributed by atoms with Crippen molar-refractivity contribution in [1.29, 1.82) is 0 Å². The highest BCUT2D eigenvalue weighted by Crippen LogP contribution is 2.48. The fourth-order valence-corrected chi connectivity index (χ4v) is 3.82. The highest BCUT2D eigenvalue weighted by Gasteiger charge is 2.44. The third kappa shape index (κ3) is 6.59. The Bertz CT molecular complexity index is 585. The first kappa shape index (κ1) is 23.4. The molecule has 3 rings (SSSR count). The summed E-state index contributed by atoms with van der Waals surface area (Å²) >= 11 is 0. The van der Waals surface area contributed by atoms with Gasteiger partial charge in [-0.25, -0.2) is 0 Å². The molecular weight excluding hydrogens is 465 g/mol. The predicted octanol–water partition coefficient (Wildman–Crippen LogP) is 3.82. The Morgan fingerprint density at radius 3 is 2.50 bits per heavy atom. The van der Waals surface area contributed by atoms with Crippen LogP contribution in [0, 0.1) is 0 Å². The molecule has 1 aromatic carbocycles. The van der Waals surface area contributed by atoms with Crippen molar-refractivity contribution in [2.24, 2.45) is 4.99 Å². The molecule has 0 aromatic heterocycles. The molecule has 0 amide bonds. The van der Waals surface area contributed by atoms with Crippen LogP contribution < -0.4 is 5.32 Å². The van der Waals surface area contributed by atoms with Gasteiger partial charge in [0.15, 0.2) is 5.96 Å². The van der Waals surface area contributed by atoms with Gasteiger partial charge in [-0.15, -0.1) is 24.0 Å². The molecule has 1 aromatic rings. The molecule has 1 heterocycles. The normalized spacial score (nSPS) is 19.2. The Kier molecular flexibility index (Phi) is 10.0. The zero-order valence-corrected chi connectivity index (χ0v) is 19.7. The van der Waals surface area contributed by atoms with Gasteiger partial charge in [0.05, 0.1) is 12.6 Å². The number of guanidine groups is 1. The van der Waals surface area contributed by atoms with Crippen LogP contribution in [0.4, 0.5) is 0 Å². The minimum Gasteiger partial charge on any atom is -0.385 e. The summed E-state index contributed by atoms with van der Waals surface area (Å²) in [5, 5.41) is 3.50. The van der Waals surface area contributed by atoms with Crippen molar-refractivity contribution < 1.29 is 9.47 Å². The number of hydrogen-bond acceptors (Lipinski definition) is 3. The summed E-state index contributed by atoms with van der Waals surface area (Å²) in [4.78, 5) is 7.44. The number of rotatable bonds is 9. The summed E-state index contributed by atoms with van der Waals surface area (Å²) in [6.45, 7) is 7.53. The Morgan fingerprint density at radius 2 is 1.89 bits per heavy atom. The number of nitrogens with zero attached hydrogens (tertiary/aromatic N) is 2. The first-order valence-corrected chi connectivity index (χ1v) is 10.5. The highest BCUT2D eigenvalue weighted by molar-refractivity contribution is 14.0. The van der Waals surface area contributed by atoms with Crippen molar-refractivity contribution in [3.8, 4) is 0 Å². The first-order valence-electron chi connectivity index (χ1n) is 10.5. The lowest BCUT2D eigenvalue weighted by molar-refractivity contribution is 0.00990. The molecule has 0 radical (unpaired) electrons. The molecule has 0 spiro atoms. The number of ether oxygens (including phenoxy) is 2. The average Bonchev–Trinajstić information content (AvgIpc) is 3.51. The van der Waals surface area contributed by atoms with E-state index in [1.807, 2.05) is 0 Å². The van der Waals surface area contributed by atoms with Gasteiger partial charge in [-0.1, -0.05) is 30.3 Å². The number of likely N-dealkylation sites (tertiary alicyclic amines) is 1. The summed E-state index contributed by atoms with van der Waals surface area (Å²) in [7, 11) is 1.74. The Labute approximate surface area is 187 Å². The molecule has 1 aliphatic heterocycles. The minimum absolute atomic E-state index is 0. The molecule has 158 valence electrons. The van der Waals surface area contributed by atoms with E-state index in [0.29, 0.717) is 6.10 Å². The Balaban J connectivity index is 0.00000280. The second-order valence-electron chi connectivity index (χ2n) is 7.72. The second-order valence-corrected chi connectivity index (χ2v) is 7.72. The average molecular weight is 501 g/mol. The van der Waals surface area contributed by atoms with E-state index in [1.54, 1.807) is 7.11 Å². The van der Waals surface area contributed by atoms with Crippen molar-refractivity contribution in [3.63, 3.8) is 0 Å². The standard InChI is InChI=1S/C22H35N3O2.HI/c1-3-23-21(24-18-22(12-13-22)19-8-5-4-6-9-19)25-14-10-20(11-15-25)27-17-7-16-26-2;/h4-6,8-9,20H,3,7,10-18H2,1-2H3,(H,23,24);1H. The van der Waals surface area contributed by atoms with E-state index >= 15 is 0 Å². The zero-order chi connectivity index (χ0) is 19.0. The summed E-state index contributed by atoms with van der Waals surface area (Å²) in [6, 6.07) is 10.9. The van der Waals surface area contributed by atoms with E-state index in [-0.39, 0.29) is 29.4 Å². The van der Waals surface area contributed by atoms with Crippen LogP contribution in [-0.2, 0) is 14.9 Å². The van der Waals surface area contributed by atoms with Crippen LogP contribution in [0.1, 0.15) is 44.6 Å². The highest BCUT2D eigenvalue weighted by atomic mass is 127. The van der Waals surface area contributed by atoms with E-state index in [9.17, 15) is 0 Å². The maximum Gasteiger partial charge on any atom is 0.193 e. The largest absolute Gasteiger partial charge is 0.385 e. The number of benzene rings is 1. The molecule has 1 N–H and O–H groups in total. The summed E-state index contributed by atoms with van der Waals surface area (Å²) in [6.07, 6.45) is 5.99. The van der Waals surface area contributed by atoms with Gasteiger partial charge >= 0.3 is 0 Å². The van der Waals surface area contributed by atoms with E-state index in [1.165, 1.54) is 18.4 Å². The van der Waals surface area contributed by atoms with Gasteiger partial charge in [0.1, 0.15) is 0 Å². The fraction of sp³-hybridized carbons (Fsp3) is 0.682. The predicted molar refractivity (Wildman–Crippen MR) is 126 cm³/mol. The molecule has 1 aliphatic carbocycles. The summed E-state index contributed by atoms with van der Waals surface area (Å²) in [5.74, 6) is 1.07. The molecule has 0 unspecified atom stereocenters.